The van der Waals surface area contributed by atoms with Gasteiger partial charge in [-0.25, -0.2) is 0 Å². The zero-order chi connectivity index (χ0) is 17.5. The first-order valence-corrected chi connectivity index (χ1v) is 9.74. The highest BCUT2D eigenvalue weighted by Gasteiger charge is 2.10. The molecule has 0 aliphatic heterocycles. The lowest BCUT2D eigenvalue weighted by molar-refractivity contribution is 0.432. The van der Waals surface area contributed by atoms with Gasteiger partial charge in [-0.1, -0.05) is 65.8 Å². The summed E-state index contributed by atoms with van der Waals surface area (Å²) >= 11 is 3.43. The van der Waals surface area contributed by atoms with Crippen LogP contribution in [-0.4, -0.2) is 10.1 Å². The van der Waals surface area contributed by atoms with Crippen molar-refractivity contribution in [2.24, 2.45) is 0 Å². The second kappa shape index (κ2) is 8.95. The number of hydrogen-bond acceptors (Lipinski definition) is 3. The lowest BCUT2D eigenvalue weighted by Crippen LogP contribution is -1.87. The summed E-state index contributed by atoms with van der Waals surface area (Å²) < 4.78 is 6.46. The Hall–Kier alpha value is -1.94. The molecule has 0 spiro atoms. The number of hydrogen-bond donors (Lipinski definition) is 0. The zero-order valence-corrected chi connectivity index (χ0v) is 16.1. The van der Waals surface area contributed by atoms with Crippen LogP contribution < -0.4 is 0 Å². The molecule has 0 amide bonds. The van der Waals surface area contributed by atoms with Crippen molar-refractivity contribution in [1.82, 2.24) is 10.1 Å². The van der Waals surface area contributed by atoms with Crippen molar-refractivity contribution >= 4 is 15.9 Å². The first-order valence-electron chi connectivity index (χ1n) is 8.95. The van der Waals surface area contributed by atoms with E-state index in [1.54, 1.807) is 0 Å². The quantitative estimate of drug-likeness (QED) is 0.397. The SMILES string of the molecule is CCCCCCCc1ccc(-c2nc(-c3ccc(Br)cc3)no2)cc1. The van der Waals surface area contributed by atoms with E-state index in [0.717, 1.165) is 22.0 Å². The average molecular weight is 399 g/mol. The molecule has 3 rings (SSSR count). The van der Waals surface area contributed by atoms with Gasteiger partial charge in [0.1, 0.15) is 0 Å². The van der Waals surface area contributed by atoms with Gasteiger partial charge in [0.05, 0.1) is 0 Å². The van der Waals surface area contributed by atoms with Crippen LogP contribution in [0.3, 0.4) is 0 Å². The summed E-state index contributed by atoms with van der Waals surface area (Å²) in [5.41, 5.74) is 3.28. The number of aryl methyl sites for hydroxylation is 1. The fourth-order valence-electron chi connectivity index (χ4n) is 2.80. The highest BCUT2D eigenvalue weighted by Crippen LogP contribution is 2.24. The van der Waals surface area contributed by atoms with Crippen molar-refractivity contribution in [3.63, 3.8) is 0 Å². The first kappa shape index (κ1) is 17.9. The third kappa shape index (κ3) is 5.02. The molecule has 0 fully saturated rings. The van der Waals surface area contributed by atoms with Gasteiger partial charge >= 0.3 is 0 Å². The Bertz CT molecular complexity index is 778. The van der Waals surface area contributed by atoms with Crippen molar-refractivity contribution in [3.05, 3.63) is 58.6 Å². The summed E-state index contributed by atoms with van der Waals surface area (Å²) in [4.78, 5) is 4.51. The molecule has 0 atom stereocenters. The molecule has 3 nitrogen and oxygen atoms in total. The fraction of sp³-hybridized carbons (Fsp3) is 0.333. The van der Waals surface area contributed by atoms with Gasteiger partial charge in [-0.3, -0.25) is 0 Å². The molecule has 25 heavy (non-hydrogen) atoms. The minimum absolute atomic E-state index is 0.562. The normalized spacial score (nSPS) is 11.0. The summed E-state index contributed by atoms with van der Waals surface area (Å²) in [6.45, 7) is 2.25. The molecule has 1 aromatic heterocycles. The number of nitrogens with zero attached hydrogens (tertiary/aromatic N) is 2. The van der Waals surface area contributed by atoms with Crippen LogP contribution in [0.5, 0.6) is 0 Å². The van der Waals surface area contributed by atoms with E-state index >= 15 is 0 Å². The van der Waals surface area contributed by atoms with Gasteiger partial charge < -0.3 is 4.52 Å². The van der Waals surface area contributed by atoms with Gasteiger partial charge in [-0.05, 0) is 54.8 Å². The first-order chi connectivity index (χ1) is 12.3. The summed E-state index contributed by atoms with van der Waals surface area (Å²) in [5, 5.41) is 4.09. The largest absolute Gasteiger partial charge is 0.334 e. The average Bonchev–Trinajstić information content (AvgIpc) is 3.13. The van der Waals surface area contributed by atoms with Gasteiger partial charge in [0, 0.05) is 15.6 Å². The molecular weight excluding hydrogens is 376 g/mol. The Labute approximate surface area is 157 Å². The Kier molecular flexibility index (Phi) is 6.40. The summed E-state index contributed by atoms with van der Waals surface area (Å²) in [6.07, 6.45) is 7.69. The number of aromatic nitrogens is 2. The molecule has 1 heterocycles. The van der Waals surface area contributed by atoms with E-state index in [-0.39, 0.29) is 0 Å². The smallest absolute Gasteiger partial charge is 0.258 e. The van der Waals surface area contributed by atoms with Crippen LogP contribution in [0.2, 0.25) is 0 Å². The molecule has 0 bridgehead atoms. The van der Waals surface area contributed by atoms with Gasteiger partial charge in [-0.2, -0.15) is 4.98 Å². The lowest BCUT2D eigenvalue weighted by atomic mass is 10.0. The van der Waals surface area contributed by atoms with Crippen molar-refractivity contribution in [3.8, 4) is 22.8 Å². The molecule has 0 saturated carbocycles. The maximum absolute atomic E-state index is 5.43. The number of rotatable bonds is 8. The zero-order valence-electron chi connectivity index (χ0n) is 14.5. The van der Waals surface area contributed by atoms with Crippen molar-refractivity contribution in [2.75, 3.05) is 0 Å². The third-order valence-corrected chi connectivity index (χ3v) is 4.83. The van der Waals surface area contributed by atoms with Crippen LogP contribution in [0.1, 0.15) is 44.6 Å². The molecular formula is C21H23BrN2O. The predicted octanol–water partition coefficient (Wildman–Crippen LogP) is 6.68. The summed E-state index contributed by atoms with van der Waals surface area (Å²) in [7, 11) is 0. The fourth-order valence-corrected chi connectivity index (χ4v) is 3.07. The molecule has 0 saturated heterocycles. The van der Waals surface area contributed by atoms with Crippen LogP contribution in [0.4, 0.5) is 0 Å². The van der Waals surface area contributed by atoms with E-state index in [1.807, 2.05) is 24.3 Å². The Morgan fingerprint density at radius 2 is 1.52 bits per heavy atom. The van der Waals surface area contributed by atoms with E-state index in [4.69, 9.17) is 4.52 Å². The molecule has 2 aromatic carbocycles. The van der Waals surface area contributed by atoms with Crippen molar-refractivity contribution in [2.45, 2.75) is 45.4 Å². The second-order valence-corrected chi connectivity index (χ2v) is 7.21. The van der Waals surface area contributed by atoms with Crippen molar-refractivity contribution < 1.29 is 4.52 Å². The van der Waals surface area contributed by atoms with Crippen LogP contribution >= 0.6 is 15.9 Å². The molecule has 0 aliphatic carbocycles. The van der Waals surface area contributed by atoms with Gasteiger partial charge in [0.25, 0.3) is 5.89 Å². The third-order valence-electron chi connectivity index (χ3n) is 4.30. The molecule has 3 aromatic rings. The maximum atomic E-state index is 5.43. The molecule has 0 radical (unpaired) electrons. The minimum atomic E-state index is 0.562. The van der Waals surface area contributed by atoms with E-state index in [2.05, 4.69) is 57.3 Å². The minimum Gasteiger partial charge on any atom is -0.334 e. The van der Waals surface area contributed by atoms with E-state index in [0.29, 0.717) is 11.7 Å². The van der Waals surface area contributed by atoms with Crippen LogP contribution in [0.25, 0.3) is 22.8 Å². The second-order valence-electron chi connectivity index (χ2n) is 6.29. The topological polar surface area (TPSA) is 38.9 Å². The Morgan fingerprint density at radius 1 is 0.840 bits per heavy atom. The summed E-state index contributed by atoms with van der Waals surface area (Å²) in [6, 6.07) is 16.4. The highest BCUT2D eigenvalue weighted by atomic mass is 79.9. The van der Waals surface area contributed by atoms with Gasteiger partial charge in [0.2, 0.25) is 5.82 Å². The Balaban J connectivity index is 1.62. The predicted molar refractivity (Wildman–Crippen MR) is 105 cm³/mol. The van der Waals surface area contributed by atoms with Crippen molar-refractivity contribution in [1.29, 1.82) is 0 Å². The molecule has 130 valence electrons. The number of unbranched alkanes of at least 4 members (excludes halogenated alkanes) is 4. The monoisotopic (exact) mass is 398 g/mol. The number of halogens is 1. The Morgan fingerprint density at radius 3 is 2.24 bits per heavy atom. The lowest BCUT2D eigenvalue weighted by Gasteiger charge is -2.02. The molecule has 0 unspecified atom stereocenters. The molecule has 4 heteroatoms. The van der Waals surface area contributed by atoms with E-state index in [9.17, 15) is 0 Å². The van der Waals surface area contributed by atoms with Crippen LogP contribution in [0.15, 0.2) is 57.5 Å². The van der Waals surface area contributed by atoms with E-state index in [1.165, 1.54) is 37.7 Å². The number of benzene rings is 2. The van der Waals surface area contributed by atoms with Gasteiger partial charge in [-0.15, -0.1) is 0 Å². The standard InChI is InChI=1S/C21H23BrN2O/c1-2-3-4-5-6-7-16-8-10-18(11-9-16)21-23-20(24-25-21)17-12-14-19(22)15-13-17/h8-15H,2-7H2,1H3. The summed E-state index contributed by atoms with van der Waals surface area (Å²) in [5.74, 6) is 1.18. The van der Waals surface area contributed by atoms with Crippen LogP contribution in [-0.2, 0) is 6.42 Å². The molecule has 0 aliphatic rings. The van der Waals surface area contributed by atoms with Gasteiger partial charge in [0.15, 0.2) is 0 Å². The van der Waals surface area contributed by atoms with E-state index < -0.39 is 0 Å². The van der Waals surface area contributed by atoms with Crippen LogP contribution in [0, 0.1) is 0 Å². The molecule has 0 N–H and O–H groups in total. The maximum Gasteiger partial charge on any atom is 0.258 e. The highest BCUT2D eigenvalue weighted by molar-refractivity contribution is 9.10.